The number of piperidine rings is 1. The van der Waals surface area contributed by atoms with Crippen LogP contribution >= 0.6 is 0 Å². The molecule has 0 unspecified atom stereocenters. The fourth-order valence-electron chi connectivity index (χ4n) is 2.55. The Hall–Kier alpha value is -2.37. The zero-order chi connectivity index (χ0) is 15.4. The van der Waals surface area contributed by atoms with Crippen molar-refractivity contribution in [3.63, 3.8) is 0 Å². The Morgan fingerprint density at radius 3 is 2.10 bits per heavy atom. The first-order valence-corrected chi connectivity index (χ1v) is 6.88. The average molecular weight is 290 g/mol. The Balaban J connectivity index is 1.95. The van der Waals surface area contributed by atoms with Crippen LogP contribution in [-0.4, -0.2) is 40.9 Å². The number of rotatable bonds is 4. The van der Waals surface area contributed by atoms with Crippen molar-refractivity contribution in [1.82, 2.24) is 4.90 Å². The van der Waals surface area contributed by atoms with Gasteiger partial charge in [-0.2, -0.15) is 0 Å². The van der Waals surface area contributed by atoms with Crippen molar-refractivity contribution < 1.29 is 19.5 Å². The lowest BCUT2D eigenvalue weighted by Crippen LogP contribution is -2.38. The predicted octanol–water partition coefficient (Wildman–Crippen LogP) is 1.11. The first-order valence-electron chi connectivity index (χ1n) is 6.88. The number of amides is 2. The maximum Gasteiger partial charge on any atom is 0.303 e. The molecule has 1 saturated heterocycles. The molecule has 1 aromatic rings. The van der Waals surface area contributed by atoms with E-state index < -0.39 is 11.9 Å². The van der Waals surface area contributed by atoms with E-state index in [0.29, 0.717) is 37.1 Å². The molecule has 112 valence electrons. The minimum Gasteiger partial charge on any atom is -0.481 e. The van der Waals surface area contributed by atoms with Crippen LogP contribution in [0, 0.1) is 5.92 Å². The van der Waals surface area contributed by atoms with Crippen molar-refractivity contribution in [3.8, 4) is 0 Å². The molecule has 6 heteroatoms. The molecule has 0 radical (unpaired) electrons. The number of carbonyl (C=O) groups is 3. The summed E-state index contributed by atoms with van der Waals surface area (Å²) in [4.78, 5) is 35.7. The highest BCUT2D eigenvalue weighted by Gasteiger charge is 2.24. The number of carbonyl (C=O) groups excluding carboxylic acids is 2. The maximum atomic E-state index is 12.3. The van der Waals surface area contributed by atoms with Crippen molar-refractivity contribution in [2.24, 2.45) is 11.7 Å². The molecule has 0 aromatic heterocycles. The SMILES string of the molecule is NC(=O)c1ccc(C(=O)N2CCC(CC(=O)O)CC2)cc1. The van der Waals surface area contributed by atoms with Crippen LogP contribution in [0.3, 0.4) is 0 Å². The van der Waals surface area contributed by atoms with E-state index in [1.54, 1.807) is 17.0 Å². The maximum absolute atomic E-state index is 12.3. The summed E-state index contributed by atoms with van der Waals surface area (Å²) in [6.45, 7) is 1.13. The summed E-state index contributed by atoms with van der Waals surface area (Å²) in [5.74, 6) is -1.27. The molecule has 1 aromatic carbocycles. The van der Waals surface area contributed by atoms with E-state index in [2.05, 4.69) is 0 Å². The third-order valence-corrected chi connectivity index (χ3v) is 3.78. The van der Waals surface area contributed by atoms with Gasteiger partial charge in [0.05, 0.1) is 0 Å². The van der Waals surface area contributed by atoms with Gasteiger partial charge in [-0.25, -0.2) is 0 Å². The van der Waals surface area contributed by atoms with Gasteiger partial charge >= 0.3 is 5.97 Å². The second-order valence-electron chi connectivity index (χ2n) is 5.28. The molecule has 1 aliphatic rings. The molecule has 0 spiro atoms. The van der Waals surface area contributed by atoms with Crippen LogP contribution in [0.2, 0.25) is 0 Å². The van der Waals surface area contributed by atoms with Gasteiger partial charge < -0.3 is 15.7 Å². The quantitative estimate of drug-likeness (QED) is 0.867. The number of likely N-dealkylation sites (tertiary alicyclic amines) is 1. The van der Waals surface area contributed by atoms with E-state index in [1.807, 2.05) is 0 Å². The van der Waals surface area contributed by atoms with Gasteiger partial charge in [-0.05, 0) is 43.0 Å². The predicted molar refractivity (Wildman–Crippen MR) is 75.8 cm³/mol. The van der Waals surface area contributed by atoms with Crippen LogP contribution in [-0.2, 0) is 4.79 Å². The molecule has 0 saturated carbocycles. The Labute approximate surface area is 122 Å². The van der Waals surface area contributed by atoms with Crippen LogP contribution in [0.15, 0.2) is 24.3 Å². The van der Waals surface area contributed by atoms with Gasteiger partial charge in [-0.1, -0.05) is 0 Å². The topological polar surface area (TPSA) is 101 Å². The zero-order valence-electron chi connectivity index (χ0n) is 11.6. The highest BCUT2D eigenvalue weighted by Crippen LogP contribution is 2.21. The Morgan fingerprint density at radius 2 is 1.62 bits per heavy atom. The summed E-state index contributed by atoms with van der Waals surface area (Å²) in [5.41, 5.74) is 6.03. The van der Waals surface area contributed by atoms with Gasteiger partial charge in [0, 0.05) is 30.6 Å². The van der Waals surface area contributed by atoms with E-state index in [9.17, 15) is 14.4 Å². The Morgan fingerprint density at radius 1 is 1.10 bits per heavy atom. The standard InChI is InChI=1S/C15H18N2O4/c16-14(20)11-1-3-12(4-2-11)15(21)17-7-5-10(6-8-17)9-13(18)19/h1-4,10H,5-9H2,(H2,16,20)(H,18,19). The number of carboxylic acid groups (broad SMARTS) is 1. The minimum atomic E-state index is -0.790. The highest BCUT2D eigenvalue weighted by molar-refractivity contribution is 5.97. The number of benzene rings is 1. The second kappa shape index (κ2) is 6.39. The van der Waals surface area contributed by atoms with Crippen LogP contribution in [0.4, 0.5) is 0 Å². The number of hydrogen-bond acceptors (Lipinski definition) is 3. The van der Waals surface area contributed by atoms with Crippen LogP contribution in [0.5, 0.6) is 0 Å². The molecule has 2 amide bonds. The first kappa shape index (κ1) is 15.0. The van der Waals surface area contributed by atoms with Gasteiger partial charge in [0.2, 0.25) is 5.91 Å². The molecule has 0 bridgehead atoms. The van der Waals surface area contributed by atoms with Gasteiger partial charge in [0.25, 0.3) is 5.91 Å². The molecule has 0 aliphatic carbocycles. The Kier molecular flexibility index (Phi) is 4.57. The van der Waals surface area contributed by atoms with Crippen LogP contribution < -0.4 is 5.73 Å². The van der Waals surface area contributed by atoms with E-state index >= 15 is 0 Å². The molecule has 1 aliphatic heterocycles. The van der Waals surface area contributed by atoms with Crippen molar-refractivity contribution in [1.29, 1.82) is 0 Å². The molecule has 6 nitrogen and oxygen atoms in total. The lowest BCUT2D eigenvalue weighted by atomic mass is 9.93. The van der Waals surface area contributed by atoms with E-state index in [1.165, 1.54) is 12.1 Å². The number of aliphatic carboxylic acids is 1. The number of nitrogens with two attached hydrogens (primary N) is 1. The number of primary amides is 1. The summed E-state index contributed by atoms with van der Waals surface area (Å²) >= 11 is 0. The van der Waals surface area contributed by atoms with Gasteiger partial charge in [0.15, 0.2) is 0 Å². The van der Waals surface area contributed by atoms with Crippen molar-refractivity contribution >= 4 is 17.8 Å². The number of carboxylic acids is 1. The fourth-order valence-corrected chi connectivity index (χ4v) is 2.55. The van der Waals surface area contributed by atoms with Crippen LogP contribution in [0.25, 0.3) is 0 Å². The largest absolute Gasteiger partial charge is 0.481 e. The van der Waals surface area contributed by atoms with Crippen molar-refractivity contribution in [2.45, 2.75) is 19.3 Å². The zero-order valence-corrected chi connectivity index (χ0v) is 11.6. The van der Waals surface area contributed by atoms with E-state index in [4.69, 9.17) is 10.8 Å². The van der Waals surface area contributed by atoms with Crippen LogP contribution in [0.1, 0.15) is 40.0 Å². The molecule has 1 heterocycles. The highest BCUT2D eigenvalue weighted by atomic mass is 16.4. The first-order chi connectivity index (χ1) is 9.97. The molecule has 2 rings (SSSR count). The molecular weight excluding hydrogens is 272 g/mol. The monoisotopic (exact) mass is 290 g/mol. The fraction of sp³-hybridized carbons (Fsp3) is 0.400. The molecular formula is C15H18N2O4. The van der Waals surface area contributed by atoms with Gasteiger partial charge in [-0.3, -0.25) is 14.4 Å². The average Bonchev–Trinajstić information content (AvgIpc) is 2.47. The summed E-state index contributed by atoms with van der Waals surface area (Å²) < 4.78 is 0. The molecule has 21 heavy (non-hydrogen) atoms. The molecule has 0 atom stereocenters. The summed E-state index contributed by atoms with van der Waals surface area (Å²) in [6.07, 6.45) is 1.57. The second-order valence-corrected chi connectivity index (χ2v) is 5.28. The summed E-state index contributed by atoms with van der Waals surface area (Å²) in [6, 6.07) is 6.25. The van der Waals surface area contributed by atoms with Crippen molar-refractivity contribution in [3.05, 3.63) is 35.4 Å². The third-order valence-electron chi connectivity index (χ3n) is 3.78. The number of hydrogen-bond donors (Lipinski definition) is 2. The minimum absolute atomic E-state index is 0.0974. The van der Waals surface area contributed by atoms with Gasteiger partial charge in [0.1, 0.15) is 0 Å². The summed E-state index contributed by atoms with van der Waals surface area (Å²) in [5, 5.41) is 8.77. The van der Waals surface area contributed by atoms with E-state index in [-0.39, 0.29) is 18.2 Å². The van der Waals surface area contributed by atoms with Crippen molar-refractivity contribution in [2.75, 3.05) is 13.1 Å². The van der Waals surface area contributed by atoms with E-state index in [0.717, 1.165) is 0 Å². The summed E-state index contributed by atoms with van der Waals surface area (Å²) in [7, 11) is 0. The lowest BCUT2D eigenvalue weighted by molar-refractivity contribution is -0.138. The Bertz CT molecular complexity index is 545. The smallest absolute Gasteiger partial charge is 0.303 e. The number of nitrogens with zero attached hydrogens (tertiary/aromatic N) is 1. The van der Waals surface area contributed by atoms with Gasteiger partial charge in [-0.15, -0.1) is 0 Å². The molecule has 3 N–H and O–H groups in total. The third kappa shape index (κ3) is 3.81. The lowest BCUT2D eigenvalue weighted by Gasteiger charge is -2.31. The normalized spacial score (nSPS) is 15.7. The molecule has 1 fully saturated rings.